The molecule has 1 unspecified atom stereocenters. The molecule has 1 amide bonds. The number of benzene rings is 1. The predicted octanol–water partition coefficient (Wildman–Crippen LogP) is 1.69. The van der Waals surface area contributed by atoms with Gasteiger partial charge in [-0.25, -0.2) is 5.43 Å². The second-order valence-electron chi connectivity index (χ2n) is 6.11. The van der Waals surface area contributed by atoms with Gasteiger partial charge in [0.05, 0.1) is 5.71 Å². The fourth-order valence-corrected chi connectivity index (χ4v) is 3.17. The standard InChI is InChI=1S/C17H24N4O/c1-3-20-8-10-21(11-9-20)15-6-4-14(5-7-15)17-13(2)12-16(22)18-19-17/h4-7,13H,3,8-12H2,1-2H3,(H,18,22). The molecule has 1 saturated heterocycles. The second-order valence-corrected chi connectivity index (χ2v) is 6.11. The van der Waals surface area contributed by atoms with Crippen molar-refractivity contribution in [2.24, 2.45) is 11.0 Å². The van der Waals surface area contributed by atoms with Crippen LogP contribution in [0.1, 0.15) is 25.8 Å². The molecule has 0 aliphatic carbocycles. The minimum atomic E-state index is 0.00154. The van der Waals surface area contributed by atoms with E-state index in [1.807, 2.05) is 0 Å². The van der Waals surface area contributed by atoms with Gasteiger partial charge in [-0.15, -0.1) is 0 Å². The summed E-state index contributed by atoms with van der Waals surface area (Å²) in [5, 5.41) is 4.22. The summed E-state index contributed by atoms with van der Waals surface area (Å²) in [5.41, 5.74) is 5.93. The van der Waals surface area contributed by atoms with Crippen molar-refractivity contribution in [3.63, 3.8) is 0 Å². The molecular weight excluding hydrogens is 276 g/mol. The van der Waals surface area contributed by atoms with Crippen LogP contribution in [0.4, 0.5) is 5.69 Å². The SMILES string of the molecule is CCN1CCN(c2ccc(C3=NNC(=O)CC3C)cc2)CC1. The molecule has 0 bridgehead atoms. The Kier molecular flexibility index (Phi) is 4.43. The number of hydrogen-bond acceptors (Lipinski definition) is 4. The minimum absolute atomic E-state index is 0.00154. The van der Waals surface area contributed by atoms with Gasteiger partial charge in [0, 0.05) is 44.2 Å². The van der Waals surface area contributed by atoms with Gasteiger partial charge in [0.1, 0.15) is 0 Å². The molecular formula is C17H24N4O. The number of hydrazone groups is 1. The van der Waals surface area contributed by atoms with Crippen LogP contribution in [0.15, 0.2) is 29.4 Å². The van der Waals surface area contributed by atoms with Crippen molar-refractivity contribution in [2.45, 2.75) is 20.3 Å². The average Bonchev–Trinajstić information content (AvgIpc) is 2.55. The molecule has 1 atom stereocenters. The lowest BCUT2D eigenvalue weighted by molar-refractivity contribution is -0.121. The van der Waals surface area contributed by atoms with E-state index in [1.165, 1.54) is 5.69 Å². The lowest BCUT2D eigenvalue weighted by Crippen LogP contribution is -2.46. The number of anilines is 1. The number of amides is 1. The summed E-state index contributed by atoms with van der Waals surface area (Å²) >= 11 is 0. The Morgan fingerprint density at radius 2 is 1.86 bits per heavy atom. The van der Waals surface area contributed by atoms with Gasteiger partial charge >= 0.3 is 0 Å². The van der Waals surface area contributed by atoms with Gasteiger partial charge in [-0.2, -0.15) is 5.10 Å². The Balaban J connectivity index is 1.69. The summed E-state index contributed by atoms with van der Waals surface area (Å²) in [6.07, 6.45) is 0.513. The summed E-state index contributed by atoms with van der Waals surface area (Å²) in [5.74, 6) is 0.175. The molecule has 118 valence electrons. The third-order valence-corrected chi connectivity index (χ3v) is 4.61. The van der Waals surface area contributed by atoms with Crippen LogP contribution >= 0.6 is 0 Å². The van der Waals surface area contributed by atoms with Crippen LogP contribution < -0.4 is 10.3 Å². The van der Waals surface area contributed by atoms with Gasteiger partial charge in [0.15, 0.2) is 0 Å². The summed E-state index contributed by atoms with van der Waals surface area (Å²) in [6.45, 7) is 9.84. The molecule has 1 N–H and O–H groups in total. The molecule has 0 aromatic heterocycles. The molecule has 2 aliphatic rings. The first-order valence-corrected chi connectivity index (χ1v) is 8.11. The van der Waals surface area contributed by atoms with E-state index in [4.69, 9.17) is 0 Å². The fraction of sp³-hybridized carbons (Fsp3) is 0.529. The topological polar surface area (TPSA) is 47.9 Å². The van der Waals surface area contributed by atoms with Crippen molar-refractivity contribution >= 4 is 17.3 Å². The van der Waals surface area contributed by atoms with Gasteiger partial charge < -0.3 is 9.80 Å². The Labute approximate surface area is 132 Å². The van der Waals surface area contributed by atoms with Gasteiger partial charge in [-0.1, -0.05) is 26.0 Å². The van der Waals surface area contributed by atoms with Crippen molar-refractivity contribution in [1.29, 1.82) is 0 Å². The third-order valence-electron chi connectivity index (χ3n) is 4.61. The van der Waals surface area contributed by atoms with Crippen LogP contribution in [0.2, 0.25) is 0 Å². The molecule has 0 radical (unpaired) electrons. The summed E-state index contributed by atoms with van der Waals surface area (Å²) in [7, 11) is 0. The highest BCUT2D eigenvalue weighted by Gasteiger charge is 2.22. The number of rotatable bonds is 3. The third kappa shape index (κ3) is 3.14. The van der Waals surface area contributed by atoms with Gasteiger partial charge in [-0.3, -0.25) is 4.79 Å². The number of carbonyl (C=O) groups excluding carboxylic acids is 1. The van der Waals surface area contributed by atoms with E-state index in [0.717, 1.165) is 44.0 Å². The van der Waals surface area contributed by atoms with Crippen LogP contribution in [-0.2, 0) is 4.79 Å². The van der Waals surface area contributed by atoms with E-state index in [-0.39, 0.29) is 11.8 Å². The molecule has 5 heteroatoms. The summed E-state index contributed by atoms with van der Waals surface area (Å²) in [4.78, 5) is 16.2. The van der Waals surface area contributed by atoms with Gasteiger partial charge in [0.2, 0.25) is 5.91 Å². The molecule has 3 rings (SSSR count). The Morgan fingerprint density at radius 3 is 2.45 bits per heavy atom. The number of nitrogens with one attached hydrogen (secondary N) is 1. The zero-order chi connectivity index (χ0) is 15.5. The molecule has 2 aliphatic heterocycles. The van der Waals surface area contributed by atoms with Crippen molar-refractivity contribution < 1.29 is 4.79 Å². The van der Waals surface area contributed by atoms with E-state index < -0.39 is 0 Å². The van der Waals surface area contributed by atoms with E-state index in [2.05, 4.69) is 58.4 Å². The van der Waals surface area contributed by atoms with E-state index in [0.29, 0.717) is 6.42 Å². The lowest BCUT2D eigenvalue weighted by atomic mass is 9.94. The number of hydrogen-bond donors (Lipinski definition) is 1. The molecule has 0 saturated carbocycles. The quantitative estimate of drug-likeness (QED) is 0.924. The van der Waals surface area contributed by atoms with Crippen molar-refractivity contribution in [3.8, 4) is 0 Å². The molecule has 0 spiro atoms. The second kappa shape index (κ2) is 6.48. The Hall–Kier alpha value is -1.88. The van der Waals surface area contributed by atoms with E-state index in [9.17, 15) is 4.79 Å². The smallest absolute Gasteiger partial charge is 0.240 e. The Bertz CT molecular complexity index is 559. The molecule has 2 heterocycles. The van der Waals surface area contributed by atoms with Gasteiger partial charge in [0.25, 0.3) is 0 Å². The molecule has 1 aromatic carbocycles. The monoisotopic (exact) mass is 300 g/mol. The lowest BCUT2D eigenvalue weighted by Gasteiger charge is -2.35. The number of likely N-dealkylation sites (N-methyl/N-ethyl adjacent to an activating group) is 1. The molecule has 5 nitrogen and oxygen atoms in total. The highest BCUT2D eigenvalue weighted by atomic mass is 16.2. The predicted molar refractivity (Wildman–Crippen MR) is 89.2 cm³/mol. The van der Waals surface area contributed by atoms with Gasteiger partial charge in [-0.05, 0) is 24.2 Å². The minimum Gasteiger partial charge on any atom is -0.369 e. The maximum Gasteiger partial charge on any atom is 0.240 e. The maximum absolute atomic E-state index is 11.3. The normalized spacial score (nSPS) is 23.2. The van der Waals surface area contributed by atoms with Crippen LogP contribution in [0, 0.1) is 5.92 Å². The highest BCUT2D eigenvalue weighted by molar-refractivity contribution is 6.05. The Morgan fingerprint density at radius 1 is 1.18 bits per heavy atom. The summed E-state index contributed by atoms with van der Waals surface area (Å²) < 4.78 is 0. The molecule has 22 heavy (non-hydrogen) atoms. The first-order chi connectivity index (χ1) is 10.7. The van der Waals surface area contributed by atoms with Crippen LogP contribution in [0.5, 0.6) is 0 Å². The zero-order valence-electron chi connectivity index (χ0n) is 13.4. The fourth-order valence-electron chi connectivity index (χ4n) is 3.17. The zero-order valence-corrected chi connectivity index (χ0v) is 13.4. The largest absolute Gasteiger partial charge is 0.369 e. The summed E-state index contributed by atoms with van der Waals surface area (Å²) in [6, 6.07) is 8.58. The van der Waals surface area contributed by atoms with Crippen LogP contribution in [0.3, 0.4) is 0 Å². The first-order valence-electron chi connectivity index (χ1n) is 8.11. The number of nitrogens with zero attached hydrogens (tertiary/aromatic N) is 3. The van der Waals surface area contributed by atoms with Crippen molar-refractivity contribution in [2.75, 3.05) is 37.6 Å². The molecule has 1 aromatic rings. The van der Waals surface area contributed by atoms with Crippen molar-refractivity contribution in [3.05, 3.63) is 29.8 Å². The highest BCUT2D eigenvalue weighted by Crippen LogP contribution is 2.21. The maximum atomic E-state index is 11.3. The number of carbonyl (C=O) groups is 1. The average molecular weight is 300 g/mol. The van der Waals surface area contributed by atoms with Crippen LogP contribution in [-0.4, -0.2) is 49.2 Å². The van der Waals surface area contributed by atoms with Crippen LogP contribution in [0.25, 0.3) is 0 Å². The van der Waals surface area contributed by atoms with Crippen molar-refractivity contribution in [1.82, 2.24) is 10.3 Å². The van der Waals surface area contributed by atoms with E-state index in [1.54, 1.807) is 0 Å². The molecule has 1 fully saturated rings. The van der Waals surface area contributed by atoms with E-state index >= 15 is 0 Å². The first kappa shape index (κ1) is 15.0. The number of piperazine rings is 1.